The fourth-order valence-corrected chi connectivity index (χ4v) is 2.15. The second-order valence-corrected chi connectivity index (χ2v) is 6.09. The third kappa shape index (κ3) is 4.82. The number of hydrogen-bond donors (Lipinski definition) is 0. The van der Waals surface area contributed by atoms with Gasteiger partial charge in [-0.1, -0.05) is 0 Å². The molecule has 1 heterocycles. The van der Waals surface area contributed by atoms with Crippen molar-refractivity contribution in [3.63, 3.8) is 0 Å². The zero-order valence-electron chi connectivity index (χ0n) is 12.9. The van der Waals surface area contributed by atoms with E-state index in [9.17, 15) is 18.4 Å². The fraction of sp³-hybridized carbons (Fsp3) is 0.857. The Morgan fingerprint density at radius 1 is 1.19 bits per heavy atom. The van der Waals surface area contributed by atoms with E-state index < -0.39 is 29.5 Å². The second kappa shape index (κ2) is 6.58. The van der Waals surface area contributed by atoms with Crippen LogP contribution in [0.3, 0.4) is 0 Å². The van der Waals surface area contributed by atoms with Gasteiger partial charge >= 0.3 is 18.0 Å². The van der Waals surface area contributed by atoms with E-state index in [2.05, 4.69) is 4.74 Å². The first kappa shape index (κ1) is 17.7. The summed E-state index contributed by atoms with van der Waals surface area (Å²) in [7, 11) is 0. The standard InChI is InChI=1S/C14H23F2NO4/c1-5-20-11(18)14(15,16)10-6-8-17(9-7-10)12(19)21-13(2,3)4/h10H,5-9H2,1-4H3. The van der Waals surface area contributed by atoms with Crippen molar-refractivity contribution in [3.05, 3.63) is 0 Å². The number of halogens is 2. The van der Waals surface area contributed by atoms with Crippen molar-refractivity contribution in [1.82, 2.24) is 4.90 Å². The molecule has 0 aliphatic carbocycles. The molecule has 7 heteroatoms. The molecule has 0 saturated carbocycles. The zero-order chi connectivity index (χ0) is 16.3. The molecule has 0 N–H and O–H groups in total. The van der Waals surface area contributed by atoms with Gasteiger partial charge in [0.1, 0.15) is 5.60 Å². The van der Waals surface area contributed by atoms with Crippen LogP contribution < -0.4 is 0 Å². The number of esters is 1. The lowest BCUT2D eigenvalue weighted by Crippen LogP contribution is -2.48. The highest BCUT2D eigenvalue weighted by Crippen LogP contribution is 2.34. The van der Waals surface area contributed by atoms with E-state index in [4.69, 9.17) is 4.74 Å². The van der Waals surface area contributed by atoms with Crippen molar-refractivity contribution in [1.29, 1.82) is 0 Å². The molecule has 1 aliphatic heterocycles. The maximum Gasteiger partial charge on any atom is 0.410 e. The average Bonchev–Trinajstić information content (AvgIpc) is 2.37. The van der Waals surface area contributed by atoms with Gasteiger partial charge in [-0.3, -0.25) is 0 Å². The summed E-state index contributed by atoms with van der Waals surface area (Å²) in [6.45, 7) is 6.93. The van der Waals surface area contributed by atoms with Crippen LogP contribution in [0.4, 0.5) is 13.6 Å². The largest absolute Gasteiger partial charge is 0.462 e. The number of rotatable bonds is 3. The zero-order valence-corrected chi connectivity index (χ0v) is 12.9. The molecule has 1 fully saturated rings. The SMILES string of the molecule is CCOC(=O)C(F)(F)C1CCN(C(=O)OC(C)(C)C)CC1. The molecule has 1 aliphatic rings. The molecular weight excluding hydrogens is 284 g/mol. The minimum atomic E-state index is -3.50. The Bertz CT molecular complexity index is 385. The Hall–Kier alpha value is -1.40. The highest BCUT2D eigenvalue weighted by atomic mass is 19.3. The van der Waals surface area contributed by atoms with Crippen LogP contribution in [-0.2, 0) is 14.3 Å². The molecule has 5 nitrogen and oxygen atoms in total. The topological polar surface area (TPSA) is 55.8 Å². The fourth-order valence-electron chi connectivity index (χ4n) is 2.15. The summed E-state index contributed by atoms with van der Waals surface area (Å²) >= 11 is 0. The molecule has 0 radical (unpaired) electrons. The number of likely N-dealkylation sites (tertiary alicyclic amines) is 1. The lowest BCUT2D eigenvalue weighted by Gasteiger charge is -2.35. The van der Waals surface area contributed by atoms with E-state index in [-0.39, 0.29) is 32.5 Å². The molecule has 0 aromatic carbocycles. The Morgan fingerprint density at radius 2 is 1.71 bits per heavy atom. The normalized spacial score (nSPS) is 17.5. The molecule has 1 rings (SSSR count). The van der Waals surface area contributed by atoms with Crippen LogP contribution in [0.15, 0.2) is 0 Å². The number of piperidine rings is 1. The molecule has 0 atom stereocenters. The molecular formula is C14H23F2NO4. The summed E-state index contributed by atoms with van der Waals surface area (Å²) in [4.78, 5) is 24.5. The van der Waals surface area contributed by atoms with Crippen molar-refractivity contribution in [2.24, 2.45) is 5.92 Å². The highest BCUT2D eigenvalue weighted by molar-refractivity contribution is 5.78. The van der Waals surface area contributed by atoms with Gasteiger partial charge in [0.15, 0.2) is 0 Å². The molecule has 1 amide bonds. The van der Waals surface area contributed by atoms with Gasteiger partial charge in [0.05, 0.1) is 6.61 Å². The molecule has 0 aromatic rings. The van der Waals surface area contributed by atoms with E-state index in [1.807, 2.05) is 0 Å². The number of nitrogens with zero attached hydrogens (tertiary/aromatic N) is 1. The first-order valence-electron chi connectivity index (χ1n) is 7.11. The van der Waals surface area contributed by atoms with E-state index in [0.29, 0.717) is 0 Å². The van der Waals surface area contributed by atoms with Crippen molar-refractivity contribution in [2.75, 3.05) is 19.7 Å². The van der Waals surface area contributed by atoms with E-state index in [0.717, 1.165) is 0 Å². The summed E-state index contributed by atoms with van der Waals surface area (Å²) in [5.74, 6) is -6.09. The molecule has 1 saturated heterocycles. The summed E-state index contributed by atoms with van der Waals surface area (Å²) in [5, 5.41) is 0. The van der Waals surface area contributed by atoms with Crippen LogP contribution in [-0.4, -0.2) is 48.2 Å². The van der Waals surface area contributed by atoms with E-state index in [1.54, 1.807) is 20.8 Å². The first-order chi connectivity index (χ1) is 9.58. The third-order valence-corrected chi connectivity index (χ3v) is 3.21. The monoisotopic (exact) mass is 307 g/mol. The summed E-state index contributed by atoms with van der Waals surface area (Å²) in [5.41, 5.74) is -0.622. The maximum absolute atomic E-state index is 13.9. The van der Waals surface area contributed by atoms with Gasteiger partial charge in [0.25, 0.3) is 0 Å². The third-order valence-electron chi connectivity index (χ3n) is 3.21. The van der Waals surface area contributed by atoms with Gasteiger partial charge in [0.2, 0.25) is 0 Å². The summed E-state index contributed by atoms with van der Waals surface area (Å²) in [6, 6.07) is 0. The van der Waals surface area contributed by atoms with Gasteiger partial charge in [0, 0.05) is 19.0 Å². The van der Waals surface area contributed by atoms with Crippen LogP contribution in [0.2, 0.25) is 0 Å². The van der Waals surface area contributed by atoms with Crippen molar-refractivity contribution >= 4 is 12.1 Å². The molecule has 0 bridgehead atoms. The van der Waals surface area contributed by atoms with E-state index >= 15 is 0 Å². The van der Waals surface area contributed by atoms with Crippen molar-refractivity contribution in [2.45, 2.75) is 52.1 Å². The predicted molar refractivity (Wildman–Crippen MR) is 72.1 cm³/mol. The van der Waals surface area contributed by atoms with E-state index in [1.165, 1.54) is 11.8 Å². The van der Waals surface area contributed by atoms with Crippen LogP contribution in [0, 0.1) is 5.92 Å². The lowest BCUT2D eigenvalue weighted by molar-refractivity contribution is -0.182. The number of carbonyl (C=O) groups excluding carboxylic acids is 2. The Morgan fingerprint density at radius 3 is 2.14 bits per heavy atom. The number of hydrogen-bond acceptors (Lipinski definition) is 4. The molecule has 0 spiro atoms. The minimum Gasteiger partial charge on any atom is -0.462 e. The molecule has 0 unspecified atom stereocenters. The predicted octanol–water partition coefficient (Wildman–Crippen LogP) is 2.83. The smallest absolute Gasteiger partial charge is 0.410 e. The first-order valence-corrected chi connectivity index (χ1v) is 7.11. The van der Waals surface area contributed by atoms with Gasteiger partial charge in [-0.25, -0.2) is 9.59 Å². The maximum atomic E-state index is 13.9. The van der Waals surface area contributed by atoms with Crippen molar-refractivity contribution in [3.8, 4) is 0 Å². The van der Waals surface area contributed by atoms with Crippen LogP contribution >= 0.6 is 0 Å². The molecule has 0 aromatic heterocycles. The number of amides is 1. The van der Waals surface area contributed by atoms with Gasteiger partial charge in [-0.2, -0.15) is 8.78 Å². The Labute approximate surface area is 123 Å². The van der Waals surface area contributed by atoms with Crippen LogP contribution in [0.25, 0.3) is 0 Å². The van der Waals surface area contributed by atoms with Gasteiger partial charge in [-0.15, -0.1) is 0 Å². The average molecular weight is 307 g/mol. The summed E-state index contributed by atoms with van der Waals surface area (Å²) < 4.78 is 37.4. The highest BCUT2D eigenvalue weighted by Gasteiger charge is 2.49. The van der Waals surface area contributed by atoms with Crippen LogP contribution in [0.1, 0.15) is 40.5 Å². The van der Waals surface area contributed by atoms with Gasteiger partial charge < -0.3 is 14.4 Å². The molecule has 21 heavy (non-hydrogen) atoms. The van der Waals surface area contributed by atoms with Gasteiger partial charge in [-0.05, 0) is 40.5 Å². The quantitative estimate of drug-likeness (QED) is 0.752. The Kier molecular flexibility index (Phi) is 5.53. The minimum absolute atomic E-state index is 0.0467. The van der Waals surface area contributed by atoms with Crippen LogP contribution in [0.5, 0.6) is 0 Å². The van der Waals surface area contributed by atoms with Crippen molar-refractivity contribution < 1.29 is 27.8 Å². The molecule has 122 valence electrons. The lowest BCUT2D eigenvalue weighted by atomic mass is 9.90. The number of ether oxygens (including phenoxy) is 2. The second-order valence-electron chi connectivity index (χ2n) is 6.09. The number of carbonyl (C=O) groups is 2. The number of alkyl halides is 2. The summed E-state index contributed by atoms with van der Waals surface area (Å²) in [6.07, 6.45) is -0.420. The Balaban J connectivity index is 2.55.